The van der Waals surface area contributed by atoms with Gasteiger partial charge < -0.3 is 43.9 Å². The maximum Gasteiger partial charge on any atom is 0.407 e. The minimum atomic E-state index is -1.33. The lowest BCUT2D eigenvalue weighted by atomic mass is 9.89. The van der Waals surface area contributed by atoms with E-state index in [2.05, 4.69) is 19.9 Å². The summed E-state index contributed by atoms with van der Waals surface area (Å²) in [7, 11) is 2.73. The van der Waals surface area contributed by atoms with E-state index in [-0.39, 0.29) is 43.2 Å². The Bertz CT molecular complexity index is 3020. The van der Waals surface area contributed by atoms with Gasteiger partial charge in [-0.05, 0) is 72.6 Å². The third-order valence-electron chi connectivity index (χ3n) is 14.5. The number of fused-ring (bicyclic) bond motifs is 4. The molecular formula is C49H52F2N8O10. The average Bonchev–Trinajstić information content (AvgIpc) is 4.19. The molecule has 0 radical (unpaired) electrons. The summed E-state index contributed by atoms with van der Waals surface area (Å²) in [5.74, 6) is -0.768. The molecule has 0 saturated carbocycles. The van der Waals surface area contributed by atoms with Gasteiger partial charge in [0.25, 0.3) is 0 Å². The number of rotatable bonds is 10. The molecule has 0 spiro atoms. The van der Waals surface area contributed by atoms with Gasteiger partial charge in [0.05, 0.1) is 59.7 Å². The van der Waals surface area contributed by atoms with Gasteiger partial charge >= 0.3 is 12.2 Å². The topological polar surface area (TPSA) is 228 Å². The number of aromatic amines is 2. The number of carbonyl (C=O) groups excluding carboxylic acids is 2. The van der Waals surface area contributed by atoms with Crippen molar-refractivity contribution in [3.63, 3.8) is 0 Å². The molecule has 10 rings (SSSR count). The number of hydrogen-bond donors (Lipinski definition) is 4. The lowest BCUT2D eigenvalue weighted by Gasteiger charge is -2.37. The Morgan fingerprint density at radius 2 is 1.16 bits per heavy atom. The van der Waals surface area contributed by atoms with E-state index >= 15 is 8.78 Å². The summed E-state index contributed by atoms with van der Waals surface area (Å²) in [6, 6.07) is 10.8. The van der Waals surface area contributed by atoms with Crippen molar-refractivity contribution in [1.82, 2.24) is 39.5 Å². The standard InChI is InChI=1S/C49H52F2N8O10/c1-56(48(63)64)41(25-9-13-67-14-10-25)46(61)58-23-30(50)19-36(58)44-52-21-34(54-44)28-3-6-32-27(17-28)5-8-38-40(32)43(60)33-7-4-29(18-39(33)69-38)35-22-53-45(55-35)37-20-31(51)24-59(37)47(62)42(57(2)49(65)66)26-11-15-68-16-12-26/h3-8,17-18,21-22,25-26,30-31,36-37,41-42H,9-16,19-20,23-24H2,1-2H3,(H,52,54)(H,53,55)(H,63,64)(H,65,66)/t30-,31-,36+,37+,41?,42?/m1/s1. The van der Waals surface area contributed by atoms with Gasteiger partial charge in [0.2, 0.25) is 17.2 Å². The van der Waals surface area contributed by atoms with Crippen molar-refractivity contribution in [1.29, 1.82) is 0 Å². The highest BCUT2D eigenvalue weighted by atomic mass is 19.1. The van der Waals surface area contributed by atoms with Crippen LogP contribution < -0.4 is 5.43 Å². The Morgan fingerprint density at radius 3 is 1.65 bits per heavy atom. The molecular weight excluding hydrogens is 899 g/mol. The fourth-order valence-corrected chi connectivity index (χ4v) is 10.9. The molecule has 3 aromatic heterocycles. The zero-order valence-electron chi connectivity index (χ0n) is 38.0. The van der Waals surface area contributed by atoms with E-state index in [1.807, 2.05) is 24.3 Å². The highest BCUT2D eigenvalue weighted by Gasteiger charge is 2.47. The molecule has 3 aromatic carbocycles. The monoisotopic (exact) mass is 950 g/mol. The zero-order valence-corrected chi connectivity index (χ0v) is 38.0. The van der Waals surface area contributed by atoms with Crippen molar-refractivity contribution in [2.75, 3.05) is 53.6 Å². The minimum Gasteiger partial charge on any atom is -0.465 e. The molecule has 18 nitrogen and oxygen atoms in total. The number of likely N-dealkylation sites (N-methyl/N-ethyl adjacent to an activating group) is 2. The number of hydrogen-bond acceptors (Lipinski definition) is 10. The molecule has 7 heterocycles. The lowest BCUT2D eigenvalue weighted by molar-refractivity contribution is -0.141. The molecule has 4 amide bonds. The van der Waals surface area contributed by atoms with Gasteiger partial charge in [0.15, 0.2) is 0 Å². The van der Waals surface area contributed by atoms with Gasteiger partial charge in [0.1, 0.15) is 47.2 Å². The van der Waals surface area contributed by atoms with Crippen molar-refractivity contribution >= 4 is 56.7 Å². The number of aromatic nitrogens is 4. The van der Waals surface area contributed by atoms with E-state index in [1.54, 1.807) is 36.7 Å². The number of carbonyl (C=O) groups is 4. The summed E-state index contributed by atoms with van der Waals surface area (Å²) >= 11 is 0. The number of H-pyrrole nitrogens is 2. The van der Waals surface area contributed by atoms with E-state index < -0.39 is 60.5 Å². The third kappa shape index (κ3) is 8.53. The summed E-state index contributed by atoms with van der Waals surface area (Å²) < 4.78 is 47.6. The number of ether oxygens (including phenoxy) is 2. The Morgan fingerprint density at radius 1 is 0.681 bits per heavy atom. The summed E-state index contributed by atoms with van der Waals surface area (Å²) in [5.41, 5.74) is 2.94. The first-order chi connectivity index (χ1) is 33.2. The van der Waals surface area contributed by atoms with Crippen LogP contribution in [0.4, 0.5) is 18.4 Å². The van der Waals surface area contributed by atoms with Crippen molar-refractivity contribution in [3.8, 4) is 22.5 Å². The molecule has 4 fully saturated rings. The quantitative estimate of drug-likeness (QED) is 0.0812. The number of nitrogens with one attached hydrogen (secondary N) is 2. The largest absolute Gasteiger partial charge is 0.465 e. The molecule has 2 unspecified atom stereocenters. The fraction of sp³-hybridized carbons (Fsp3) is 0.449. The Kier molecular flexibility index (Phi) is 12.3. The number of carboxylic acid groups (broad SMARTS) is 2. The van der Waals surface area contributed by atoms with Crippen LogP contribution in [0.3, 0.4) is 0 Å². The second-order valence-electron chi connectivity index (χ2n) is 18.6. The number of amides is 4. The van der Waals surface area contributed by atoms with Gasteiger partial charge in [0, 0.05) is 64.5 Å². The predicted molar refractivity (Wildman–Crippen MR) is 247 cm³/mol. The molecule has 6 aromatic rings. The first-order valence-corrected chi connectivity index (χ1v) is 23.3. The third-order valence-corrected chi connectivity index (χ3v) is 14.5. The maximum absolute atomic E-state index is 15.1. The zero-order chi connectivity index (χ0) is 48.2. The smallest absolute Gasteiger partial charge is 0.407 e. The first-order valence-electron chi connectivity index (χ1n) is 23.3. The van der Waals surface area contributed by atoms with Crippen molar-refractivity contribution in [2.45, 2.75) is 75.0 Å². The summed E-state index contributed by atoms with van der Waals surface area (Å²) in [6.07, 6.45) is 0.0424. The van der Waals surface area contributed by atoms with Crippen molar-refractivity contribution in [2.24, 2.45) is 11.8 Å². The molecule has 362 valence electrons. The van der Waals surface area contributed by atoms with Crippen LogP contribution >= 0.6 is 0 Å². The van der Waals surface area contributed by atoms with Crippen LogP contribution in [-0.2, 0) is 19.1 Å². The van der Waals surface area contributed by atoms with Gasteiger partial charge in [-0.1, -0.05) is 24.3 Å². The van der Waals surface area contributed by atoms with Crippen molar-refractivity contribution < 1.29 is 52.1 Å². The molecule has 6 atom stereocenters. The van der Waals surface area contributed by atoms with Crippen LogP contribution in [0, 0.1) is 11.8 Å². The molecule has 20 heteroatoms. The number of benzene rings is 3. The molecule has 0 aliphatic carbocycles. The lowest BCUT2D eigenvalue weighted by Crippen LogP contribution is -2.53. The Hall–Kier alpha value is -6.93. The summed E-state index contributed by atoms with van der Waals surface area (Å²) in [6.45, 7) is 1.25. The fourth-order valence-electron chi connectivity index (χ4n) is 10.9. The van der Waals surface area contributed by atoms with Crippen LogP contribution in [0.5, 0.6) is 0 Å². The van der Waals surface area contributed by atoms with Gasteiger partial charge in [-0.25, -0.2) is 28.3 Å². The molecule has 4 saturated heterocycles. The molecule has 0 bridgehead atoms. The van der Waals surface area contributed by atoms with Crippen LogP contribution in [0.2, 0.25) is 0 Å². The summed E-state index contributed by atoms with van der Waals surface area (Å²) in [4.78, 5) is 87.1. The van der Waals surface area contributed by atoms with Crippen LogP contribution in [0.25, 0.3) is 55.2 Å². The SMILES string of the molecule is CN(C(=O)O)C(C(=O)N1C[C@H](F)C[C@H]1c1ncc(-c2ccc3c(ccc4oc5cc(-c6cnc([C@@H]7C[C@@H](F)CN7C(=O)C(C7CCOCC7)N(C)C(=O)O)[nH]6)ccc5c(=O)c43)c2)[nH]1)C1CCOCC1. The molecule has 69 heavy (non-hydrogen) atoms. The van der Waals surface area contributed by atoms with E-state index in [0.29, 0.717) is 108 Å². The second-order valence-corrected chi connectivity index (χ2v) is 18.6. The van der Waals surface area contributed by atoms with Crippen LogP contribution in [-0.4, -0.2) is 152 Å². The highest BCUT2D eigenvalue weighted by molar-refractivity contribution is 6.09. The van der Waals surface area contributed by atoms with Crippen LogP contribution in [0.15, 0.2) is 70.1 Å². The van der Waals surface area contributed by atoms with E-state index in [1.165, 1.54) is 23.9 Å². The van der Waals surface area contributed by atoms with Crippen molar-refractivity contribution in [3.05, 3.63) is 82.8 Å². The number of alkyl halides is 2. The van der Waals surface area contributed by atoms with Gasteiger partial charge in [-0.2, -0.15) is 0 Å². The summed E-state index contributed by atoms with van der Waals surface area (Å²) in [5, 5.41) is 21.9. The maximum atomic E-state index is 15.1. The van der Waals surface area contributed by atoms with E-state index in [9.17, 15) is 34.2 Å². The van der Waals surface area contributed by atoms with Gasteiger partial charge in [-0.15, -0.1) is 0 Å². The number of imidazole rings is 2. The predicted octanol–water partition coefficient (Wildman–Crippen LogP) is 6.91. The van der Waals surface area contributed by atoms with Gasteiger partial charge in [-0.3, -0.25) is 24.2 Å². The van der Waals surface area contributed by atoms with E-state index in [4.69, 9.17) is 13.9 Å². The molecule has 4 aliphatic rings. The first kappa shape index (κ1) is 45.8. The number of halogens is 2. The number of likely N-dealkylation sites (tertiary alicyclic amines) is 2. The highest BCUT2D eigenvalue weighted by Crippen LogP contribution is 2.39. The van der Waals surface area contributed by atoms with E-state index in [0.717, 1.165) is 20.7 Å². The molecule has 4 N–H and O–H groups in total. The number of nitrogens with zero attached hydrogens (tertiary/aromatic N) is 6. The molecule has 4 aliphatic heterocycles. The second kappa shape index (κ2) is 18.5. The Labute approximate surface area is 393 Å². The normalized spacial score (nSPS) is 22.4. The van der Waals surface area contributed by atoms with Crippen LogP contribution in [0.1, 0.15) is 62.3 Å². The average molecular weight is 951 g/mol. The Balaban J connectivity index is 0.895. The minimum absolute atomic E-state index is 0.00346.